The molecule has 1 N–H and O–H groups in total. The zero-order valence-electron chi connectivity index (χ0n) is 17.7. The summed E-state index contributed by atoms with van der Waals surface area (Å²) in [5.74, 6) is 0.142. The second kappa shape index (κ2) is 11.4. The molecule has 0 aromatic heterocycles. The number of rotatable bonds is 9. The molecule has 166 valence electrons. The fourth-order valence-corrected chi connectivity index (χ4v) is 4.18. The van der Waals surface area contributed by atoms with Gasteiger partial charge in [0.2, 0.25) is 5.91 Å². The maximum atomic E-state index is 13.2. The molecule has 7 heteroatoms. The first-order valence-electron chi connectivity index (χ1n) is 10.7. The van der Waals surface area contributed by atoms with E-state index in [1.54, 1.807) is 35.2 Å². The molecule has 0 heterocycles. The van der Waals surface area contributed by atoms with Crippen LogP contribution in [-0.4, -0.2) is 35.4 Å². The van der Waals surface area contributed by atoms with E-state index >= 15 is 0 Å². The van der Waals surface area contributed by atoms with Crippen molar-refractivity contribution >= 4 is 35.0 Å². The van der Waals surface area contributed by atoms with Gasteiger partial charge in [-0.15, -0.1) is 0 Å². The lowest BCUT2D eigenvalue weighted by molar-refractivity contribution is -0.143. The second-order valence-corrected chi connectivity index (χ2v) is 8.61. The van der Waals surface area contributed by atoms with E-state index in [2.05, 4.69) is 5.32 Å². The van der Waals surface area contributed by atoms with Gasteiger partial charge in [0.25, 0.3) is 5.91 Å². The summed E-state index contributed by atoms with van der Waals surface area (Å²) in [6.07, 6.45) is 4.72. The standard InChI is InChI=1S/C24H28Cl2N2O3/c1-2-22(24(30)27-19-8-4-5-9-19)28(15-17-7-3-6-10-21(17)26)23(29)16-31-20-13-11-18(25)12-14-20/h3,6-7,10-14,19,22H,2,4-5,8-9,15-16H2,1H3,(H,27,30)/t22-/m0/s1. The molecule has 1 aliphatic carbocycles. The van der Waals surface area contributed by atoms with E-state index in [0.29, 0.717) is 22.2 Å². The van der Waals surface area contributed by atoms with Crippen LogP contribution in [0.2, 0.25) is 10.0 Å². The predicted molar refractivity (Wildman–Crippen MR) is 123 cm³/mol. The summed E-state index contributed by atoms with van der Waals surface area (Å²) in [5.41, 5.74) is 0.788. The Morgan fingerprint density at radius 2 is 1.77 bits per heavy atom. The normalized spacial score (nSPS) is 14.8. The summed E-state index contributed by atoms with van der Waals surface area (Å²) in [5, 5.41) is 4.28. The largest absolute Gasteiger partial charge is 0.484 e. The van der Waals surface area contributed by atoms with Gasteiger partial charge in [-0.1, -0.05) is 61.2 Å². The van der Waals surface area contributed by atoms with Gasteiger partial charge in [0, 0.05) is 22.6 Å². The van der Waals surface area contributed by atoms with Gasteiger partial charge in [0.05, 0.1) is 0 Å². The molecular formula is C24H28Cl2N2O3. The van der Waals surface area contributed by atoms with Gasteiger partial charge < -0.3 is 15.0 Å². The highest BCUT2D eigenvalue weighted by atomic mass is 35.5. The van der Waals surface area contributed by atoms with Crippen molar-refractivity contribution in [2.45, 2.75) is 57.7 Å². The molecule has 2 aromatic carbocycles. The van der Waals surface area contributed by atoms with Crippen molar-refractivity contribution in [2.24, 2.45) is 0 Å². The number of nitrogens with zero attached hydrogens (tertiary/aromatic N) is 1. The summed E-state index contributed by atoms with van der Waals surface area (Å²) in [4.78, 5) is 27.8. The van der Waals surface area contributed by atoms with Crippen LogP contribution in [0.5, 0.6) is 5.75 Å². The molecule has 0 aliphatic heterocycles. The van der Waals surface area contributed by atoms with Crippen molar-refractivity contribution in [1.82, 2.24) is 10.2 Å². The number of hydrogen-bond donors (Lipinski definition) is 1. The van der Waals surface area contributed by atoms with Crippen LogP contribution >= 0.6 is 23.2 Å². The van der Waals surface area contributed by atoms with E-state index < -0.39 is 6.04 Å². The number of carbonyl (C=O) groups is 2. The maximum Gasteiger partial charge on any atom is 0.261 e. The first kappa shape index (κ1) is 23.4. The highest BCUT2D eigenvalue weighted by molar-refractivity contribution is 6.31. The minimum Gasteiger partial charge on any atom is -0.484 e. The monoisotopic (exact) mass is 462 g/mol. The van der Waals surface area contributed by atoms with Crippen molar-refractivity contribution in [2.75, 3.05) is 6.61 Å². The quantitative estimate of drug-likeness (QED) is 0.554. The Bertz CT molecular complexity index is 883. The Balaban J connectivity index is 1.76. The molecule has 1 saturated carbocycles. The molecule has 0 spiro atoms. The number of nitrogens with one attached hydrogen (secondary N) is 1. The van der Waals surface area contributed by atoms with Crippen LogP contribution in [-0.2, 0) is 16.1 Å². The Morgan fingerprint density at radius 3 is 2.42 bits per heavy atom. The van der Waals surface area contributed by atoms with E-state index in [0.717, 1.165) is 31.2 Å². The lowest BCUT2D eigenvalue weighted by Gasteiger charge is -2.31. The van der Waals surface area contributed by atoms with Crippen molar-refractivity contribution in [3.8, 4) is 5.75 Å². The minimum atomic E-state index is -0.599. The second-order valence-electron chi connectivity index (χ2n) is 7.77. The zero-order chi connectivity index (χ0) is 22.2. The highest BCUT2D eigenvalue weighted by Gasteiger charge is 2.31. The number of hydrogen-bond acceptors (Lipinski definition) is 3. The predicted octanol–water partition coefficient (Wildman–Crippen LogP) is 5.24. The molecule has 2 aromatic rings. The summed E-state index contributed by atoms with van der Waals surface area (Å²) in [6, 6.07) is 13.8. The van der Waals surface area contributed by atoms with Crippen LogP contribution in [0, 0.1) is 0 Å². The van der Waals surface area contributed by atoms with Crippen LogP contribution in [0.4, 0.5) is 0 Å². The van der Waals surface area contributed by atoms with Crippen LogP contribution in [0.3, 0.4) is 0 Å². The van der Waals surface area contributed by atoms with Crippen molar-refractivity contribution in [1.29, 1.82) is 0 Å². The third-order valence-corrected chi connectivity index (χ3v) is 6.18. The highest BCUT2D eigenvalue weighted by Crippen LogP contribution is 2.22. The summed E-state index contributed by atoms with van der Waals surface area (Å²) in [6.45, 7) is 1.96. The summed E-state index contributed by atoms with van der Waals surface area (Å²) in [7, 11) is 0. The smallest absolute Gasteiger partial charge is 0.261 e. The molecule has 1 fully saturated rings. The SMILES string of the molecule is CC[C@@H](C(=O)NC1CCCC1)N(Cc1ccccc1Cl)C(=O)COc1ccc(Cl)cc1. The molecule has 2 amide bonds. The molecule has 0 radical (unpaired) electrons. The van der Waals surface area contributed by atoms with Crippen molar-refractivity contribution in [3.63, 3.8) is 0 Å². The number of benzene rings is 2. The fraction of sp³-hybridized carbons (Fsp3) is 0.417. The minimum absolute atomic E-state index is 0.124. The van der Waals surface area contributed by atoms with Crippen LogP contribution in [0.1, 0.15) is 44.6 Å². The Kier molecular flexibility index (Phi) is 8.61. The average molecular weight is 463 g/mol. The molecule has 0 saturated heterocycles. The summed E-state index contributed by atoms with van der Waals surface area (Å²) < 4.78 is 5.67. The molecular weight excluding hydrogens is 435 g/mol. The van der Waals surface area contributed by atoms with Gasteiger partial charge >= 0.3 is 0 Å². The lowest BCUT2D eigenvalue weighted by Crippen LogP contribution is -2.52. The topological polar surface area (TPSA) is 58.6 Å². The molecule has 1 atom stereocenters. The van der Waals surface area contributed by atoms with Gasteiger partial charge in [-0.25, -0.2) is 0 Å². The Hall–Kier alpha value is -2.24. The van der Waals surface area contributed by atoms with E-state index in [1.165, 1.54) is 0 Å². The number of halogens is 2. The van der Waals surface area contributed by atoms with Crippen LogP contribution in [0.25, 0.3) is 0 Å². The number of amides is 2. The third kappa shape index (κ3) is 6.62. The third-order valence-electron chi connectivity index (χ3n) is 5.56. The van der Waals surface area contributed by atoms with E-state index in [4.69, 9.17) is 27.9 Å². The molecule has 31 heavy (non-hydrogen) atoms. The molecule has 3 rings (SSSR count). The number of ether oxygens (including phenoxy) is 1. The van der Waals surface area contributed by atoms with Gasteiger partial charge in [-0.2, -0.15) is 0 Å². The van der Waals surface area contributed by atoms with Gasteiger partial charge in [0.1, 0.15) is 11.8 Å². The molecule has 0 unspecified atom stereocenters. The number of carbonyl (C=O) groups excluding carboxylic acids is 2. The lowest BCUT2D eigenvalue weighted by atomic mass is 10.1. The summed E-state index contributed by atoms with van der Waals surface area (Å²) >= 11 is 12.3. The molecule has 1 aliphatic rings. The van der Waals surface area contributed by atoms with Gasteiger partial charge in [0.15, 0.2) is 6.61 Å². The average Bonchev–Trinajstić information content (AvgIpc) is 3.27. The first-order valence-corrected chi connectivity index (χ1v) is 11.4. The Labute approximate surface area is 193 Å². The molecule has 5 nitrogen and oxygen atoms in total. The fourth-order valence-electron chi connectivity index (χ4n) is 3.86. The van der Waals surface area contributed by atoms with E-state index in [-0.39, 0.29) is 31.0 Å². The van der Waals surface area contributed by atoms with E-state index in [1.807, 2.05) is 25.1 Å². The van der Waals surface area contributed by atoms with Crippen molar-refractivity contribution in [3.05, 3.63) is 64.1 Å². The Morgan fingerprint density at radius 1 is 1.10 bits per heavy atom. The van der Waals surface area contributed by atoms with Gasteiger partial charge in [-0.05, 0) is 55.2 Å². The molecule has 0 bridgehead atoms. The zero-order valence-corrected chi connectivity index (χ0v) is 19.2. The maximum absolute atomic E-state index is 13.2. The van der Waals surface area contributed by atoms with Crippen molar-refractivity contribution < 1.29 is 14.3 Å². The van der Waals surface area contributed by atoms with Crippen LogP contribution < -0.4 is 10.1 Å². The first-order chi connectivity index (χ1) is 15.0. The van der Waals surface area contributed by atoms with Gasteiger partial charge in [-0.3, -0.25) is 9.59 Å². The van der Waals surface area contributed by atoms with Crippen LogP contribution in [0.15, 0.2) is 48.5 Å². The van der Waals surface area contributed by atoms with E-state index in [9.17, 15) is 9.59 Å².